The van der Waals surface area contributed by atoms with Crippen molar-refractivity contribution in [2.24, 2.45) is 0 Å². The molecule has 0 amide bonds. The van der Waals surface area contributed by atoms with Gasteiger partial charge in [-0.25, -0.2) is 19.9 Å². The molecule has 4 heterocycles. The molecular weight excluding hydrogens is 276 g/mol. The van der Waals surface area contributed by atoms with Crippen LogP contribution in [0, 0.1) is 0 Å². The molecule has 3 aromatic heterocycles. The zero-order chi connectivity index (χ0) is 14.8. The third-order valence-electron chi connectivity index (χ3n) is 4.19. The molecule has 22 heavy (non-hydrogen) atoms. The van der Waals surface area contributed by atoms with Gasteiger partial charge < -0.3 is 5.32 Å². The van der Waals surface area contributed by atoms with E-state index in [1.54, 1.807) is 12.5 Å². The van der Waals surface area contributed by atoms with E-state index >= 15 is 0 Å². The lowest BCUT2D eigenvalue weighted by molar-refractivity contribution is 0.555. The van der Waals surface area contributed by atoms with Gasteiger partial charge in [0.25, 0.3) is 0 Å². The smallest absolute Gasteiger partial charge is 0.234 e. The molecule has 0 saturated carbocycles. The zero-order valence-corrected chi connectivity index (χ0v) is 12.3. The number of nitrogens with zero attached hydrogens (tertiary/aromatic N) is 5. The van der Waals surface area contributed by atoms with Crippen molar-refractivity contribution in [3.63, 3.8) is 0 Å². The van der Waals surface area contributed by atoms with Crippen LogP contribution < -0.4 is 5.32 Å². The average Bonchev–Trinajstić information content (AvgIpc) is 3.23. The summed E-state index contributed by atoms with van der Waals surface area (Å²) in [5, 5.41) is 3.53. The minimum Gasteiger partial charge on any atom is -0.314 e. The number of aromatic nitrogens is 5. The molecule has 1 atom stereocenters. The summed E-state index contributed by atoms with van der Waals surface area (Å²) < 4.78 is 1.95. The van der Waals surface area contributed by atoms with E-state index in [2.05, 4.69) is 31.3 Å². The highest BCUT2D eigenvalue weighted by Crippen LogP contribution is 2.19. The fourth-order valence-electron chi connectivity index (χ4n) is 3.02. The molecule has 4 rings (SSSR count). The number of rotatable bonds is 4. The van der Waals surface area contributed by atoms with Gasteiger partial charge in [0.05, 0.1) is 17.6 Å². The Labute approximate surface area is 128 Å². The Hall–Kier alpha value is -2.34. The van der Waals surface area contributed by atoms with Crippen molar-refractivity contribution < 1.29 is 0 Å². The van der Waals surface area contributed by atoms with Crippen LogP contribution in [-0.4, -0.2) is 36.9 Å². The molecule has 1 saturated heterocycles. The van der Waals surface area contributed by atoms with Crippen molar-refractivity contribution in [2.75, 3.05) is 6.54 Å². The first kappa shape index (κ1) is 13.3. The van der Waals surface area contributed by atoms with Gasteiger partial charge in [-0.15, -0.1) is 0 Å². The molecular formula is C16H18N6. The summed E-state index contributed by atoms with van der Waals surface area (Å²) in [6, 6.07) is 4.59. The number of hydrogen-bond donors (Lipinski definition) is 1. The molecule has 112 valence electrons. The first-order valence-corrected chi connectivity index (χ1v) is 7.73. The highest BCUT2D eigenvalue weighted by atomic mass is 15.1. The second-order valence-corrected chi connectivity index (χ2v) is 5.66. The maximum atomic E-state index is 4.41. The van der Waals surface area contributed by atoms with Crippen LogP contribution in [0.4, 0.5) is 0 Å². The van der Waals surface area contributed by atoms with Gasteiger partial charge in [-0.1, -0.05) is 0 Å². The van der Waals surface area contributed by atoms with Crippen molar-refractivity contribution in [3.05, 3.63) is 42.7 Å². The monoisotopic (exact) mass is 294 g/mol. The quantitative estimate of drug-likeness (QED) is 0.795. The van der Waals surface area contributed by atoms with Crippen LogP contribution in [0.1, 0.15) is 25.0 Å². The van der Waals surface area contributed by atoms with E-state index in [-0.39, 0.29) is 0 Å². The van der Waals surface area contributed by atoms with Crippen LogP contribution in [0.3, 0.4) is 0 Å². The molecule has 1 N–H and O–H groups in total. The standard InChI is InChI=1S/C16H18N6/c1-3-12(17-6-1)4-5-13-9-14(21-11-20-13)15-10-19-16-18-7-2-8-22(15)16/h2,7-12,17H,1,3-6H2/t12-/m1/s1. The van der Waals surface area contributed by atoms with Crippen LogP contribution in [0.25, 0.3) is 17.2 Å². The number of nitrogens with one attached hydrogen (secondary N) is 1. The third-order valence-corrected chi connectivity index (χ3v) is 4.19. The van der Waals surface area contributed by atoms with E-state index in [9.17, 15) is 0 Å². The summed E-state index contributed by atoms with van der Waals surface area (Å²) in [7, 11) is 0. The summed E-state index contributed by atoms with van der Waals surface area (Å²) in [5.74, 6) is 0.688. The Bertz CT molecular complexity index is 775. The normalized spacial score (nSPS) is 18.1. The average molecular weight is 294 g/mol. The molecule has 0 unspecified atom stereocenters. The molecule has 0 aliphatic carbocycles. The first-order chi connectivity index (χ1) is 10.9. The maximum Gasteiger partial charge on any atom is 0.234 e. The molecule has 0 spiro atoms. The molecule has 0 bridgehead atoms. The number of imidazole rings is 1. The van der Waals surface area contributed by atoms with Gasteiger partial charge in [0.2, 0.25) is 5.78 Å². The van der Waals surface area contributed by atoms with E-state index in [1.807, 2.05) is 22.9 Å². The molecule has 3 aromatic rings. The predicted octanol–water partition coefficient (Wildman–Crippen LogP) is 1.87. The molecule has 6 nitrogen and oxygen atoms in total. The summed E-state index contributed by atoms with van der Waals surface area (Å²) >= 11 is 0. The Morgan fingerprint density at radius 1 is 1.23 bits per heavy atom. The highest BCUT2D eigenvalue weighted by Gasteiger charge is 2.14. The van der Waals surface area contributed by atoms with Gasteiger partial charge in [0.1, 0.15) is 6.33 Å². The molecule has 0 radical (unpaired) electrons. The molecule has 1 aliphatic heterocycles. The summed E-state index contributed by atoms with van der Waals surface area (Å²) in [4.78, 5) is 17.4. The largest absolute Gasteiger partial charge is 0.314 e. The van der Waals surface area contributed by atoms with Crippen molar-refractivity contribution in [1.29, 1.82) is 0 Å². The maximum absolute atomic E-state index is 4.41. The van der Waals surface area contributed by atoms with Crippen molar-refractivity contribution >= 4 is 5.78 Å². The lowest BCUT2D eigenvalue weighted by atomic mass is 10.1. The van der Waals surface area contributed by atoms with E-state index in [1.165, 1.54) is 12.8 Å². The van der Waals surface area contributed by atoms with E-state index in [4.69, 9.17) is 0 Å². The van der Waals surface area contributed by atoms with Crippen molar-refractivity contribution in [2.45, 2.75) is 31.7 Å². The van der Waals surface area contributed by atoms with E-state index in [0.29, 0.717) is 11.8 Å². The second-order valence-electron chi connectivity index (χ2n) is 5.66. The van der Waals surface area contributed by atoms with E-state index < -0.39 is 0 Å². The Balaban J connectivity index is 1.58. The molecule has 1 aliphatic rings. The van der Waals surface area contributed by atoms with Gasteiger partial charge in [-0.3, -0.25) is 4.40 Å². The minimum absolute atomic E-state index is 0.637. The van der Waals surface area contributed by atoms with Gasteiger partial charge in [-0.05, 0) is 44.4 Å². The zero-order valence-electron chi connectivity index (χ0n) is 12.3. The Kier molecular flexibility index (Phi) is 3.52. The van der Waals surface area contributed by atoms with Crippen LogP contribution in [0.15, 0.2) is 37.1 Å². The minimum atomic E-state index is 0.637. The van der Waals surface area contributed by atoms with Crippen LogP contribution >= 0.6 is 0 Å². The molecule has 1 fully saturated rings. The third kappa shape index (κ3) is 2.57. The Morgan fingerprint density at radius 2 is 2.23 bits per heavy atom. The van der Waals surface area contributed by atoms with E-state index in [0.717, 1.165) is 36.5 Å². The lowest BCUT2D eigenvalue weighted by Crippen LogP contribution is -2.21. The van der Waals surface area contributed by atoms with Crippen molar-refractivity contribution in [1.82, 2.24) is 29.7 Å². The van der Waals surface area contributed by atoms with Gasteiger partial charge in [0.15, 0.2) is 0 Å². The SMILES string of the molecule is c1cnc2ncc(-c3cc(CC[C@H]4CCCN4)ncn3)n2c1. The van der Waals surface area contributed by atoms with Gasteiger partial charge >= 0.3 is 0 Å². The predicted molar refractivity (Wildman–Crippen MR) is 83.4 cm³/mol. The van der Waals surface area contributed by atoms with Crippen LogP contribution in [0.5, 0.6) is 0 Å². The number of hydrogen-bond acceptors (Lipinski definition) is 5. The molecule has 0 aromatic carbocycles. The first-order valence-electron chi connectivity index (χ1n) is 7.73. The molecule has 6 heteroatoms. The second kappa shape index (κ2) is 5.81. The number of fused-ring (bicyclic) bond motifs is 1. The fourth-order valence-corrected chi connectivity index (χ4v) is 3.02. The topological polar surface area (TPSA) is 68.0 Å². The van der Waals surface area contributed by atoms with Crippen LogP contribution in [-0.2, 0) is 6.42 Å². The summed E-state index contributed by atoms with van der Waals surface area (Å²) in [5.41, 5.74) is 2.92. The Morgan fingerprint density at radius 3 is 3.14 bits per heavy atom. The lowest BCUT2D eigenvalue weighted by Gasteiger charge is -2.09. The summed E-state index contributed by atoms with van der Waals surface area (Å²) in [6.45, 7) is 1.15. The number of aryl methyl sites for hydroxylation is 1. The van der Waals surface area contributed by atoms with Gasteiger partial charge in [-0.2, -0.15) is 0 Å². The van der Waals surface area contributed by atoms with Crippen LogP contribution in [0.2, 0.25) is 0 Å². The summed E-state index contributed by atoms with van der Waals surface area (Å²) in [6.07, 6.45) is 11.8. The highest BCUT2D eigenvalue weighted by molar-refractivity contribution is 5.58. The fraction of sp³-hybridized carbons (Fsp3) is 0.375. The van der Waals surface area contributed by atoms with Crippen molar-refractivity contribution in [3.8, 4) is 11.4 Å². The van der Waals surface area contributed by atoms with Gasteiger partial charge in [0, 0.05) is 24.1 Å².